The molecule has 0 N–H and O–H groups in total. The van der Waals surface area contributed by atoms with Gasteiger partial charge in [0, 0.05) is 17.7 Å². The molecule has 0 spiro atoms. The minimum atomic E-state index is 0.654. The smallest absolute Gasteiger partial charge is 0.136 e. The predicted molar refractivity (Wildman–Crippen MR) is 73.1 cm³/mol. The topological polar surface area (TPSA) is 25.8 Å². The lowest BCUT2D eigenvalue weighted by Gasteiger charge is -2.07. The van der Waals surface area contributed by atoms with Crippen molar-refractivity contribution in [3.63, 3.8) is 0 Å². The predicted octanol–water partition coefficient (Wildman–Crippen LogP) is 3.52. The van der Waals surface area contributed by atoms with Crippen LogP contribution in [0.4, 0.5) is 0 Å². The minimum Gasteiger partial charge on any atom is -0.237 e. The lowest BCUT2D eigenvalue weighted by Crippen LogP contribution is -2.03. The molecule has 1 aromatic heterocycles. The molecule has 1 aromatic carbocycles. The van der Waals surface area contributed by atoms with E-state index in [1.54, 1.807) is 0 Å². The second kappa shape index (κ2) is 4.69. The summed E-state index contributed by atoms with van der Waals surface area (Å²) in [6.45, 7) is 2.12. The molecule has 0 saturated carbocycles. The zero-order valence-electron chi connectivity index (χ0n) is 10.4. The molecule has 18 heavy (non-hydrogen) atoms. The maximum atomic E-state index is 6.23. The molecule has 1 aliphatic carbocycles. The molecule has 2 aromatic rings. The highest BCUT2D eigenvalue weighted by molar-refractivity contribution is 6.30. The van der Waals surface area contributed by atoms with E-state index in [0.717, 1.165) is 42.8 Å². The maximum Gasteiger partial charge on any atom is 0.136 e. The van der Waals surface area contributed by atoms with Crippen molar-refractivity contribution >= 4 is 11.6 Å². The lowest BCUT2D eigenvalue weighted by molar-refractivity contribution is 0.884. The molecule has 1 heterocycles. The van der Waals surface area contributed by atoms with Gasteiger partial charge in [0.15, 0.2) is 0 Å². The molecule has 0 saturated heterocycles. The number of hydrogen-bond donors (Lipinski definition) is 0. The van der Waals surface area contributed by atoms with Crippen LogP contribution in [-0.2, 0) is 19.3 Å². The highest BCUT2D eigenvalue weighted by atomic mass is 35.5. The zero-order chi connectivity index (χ0) is 12.5. The third kappa shape index (κ3) is 2.13. The van der Waals surface area contributed by atoms with Crippen molar-refractivity contribution in [2.45, 2.75) is 32.6 Å². The van der Waals surface area contributed by atoms with E-state index in [9.17, 15) is 0 Å². The van der Waals surface area contributed by atoms with Crippen LogP contribution in [0.15, 0.2) is 24.3 Å². The molecule has 0 aliphatic heterocycles. The van der Waals surface area contributed by atoms with Gasteiger partial charge in [-0.3, -0.25) is 0 Å². The average molecular weight is 259 g/mol. The fourth-order valence-corrected chi connectivity index (χ4v) is 2.79. The van der Waals surface area contributed by atoms with E-state index in [0.29, 0.717) is 5.15 Å². The van der Waals surface area contributed by atoms with Crippen LogP contribution in [0.1, 0.15) is 34.6 Å². The first-order valence-electron chi connectivity index (χ1n) is 6.32. The van der Waals surface area contributed by atoms with Crippen molar-refractivity contribution < 1.29 is 0 Å². The van der Waals surface area contributed by atoms with Crippen molar-refractivity contribution in [2.75, 3.05) is 0 Å². The summed E-state index contributed by atoms with van der Waals surface area (Å²) in [5.41, 5.74) is 4.85. The van der Waals surface area contributed by atoms with Gasteiger partial charge in [0.05, 0.1) is 0 Å². The average Bonchev–Trinajstić information content (AvgIpc) is 2.81. The van der Waals surface area contributed by atoms with Crippen LogP contribution in [-0.4, -0.2) is 9.97 Å². The van der Waals surface area contributed by atoms with Crippen LogP contribution in [0.2, 0.25) is 5.15 Å². The Morgan fingerprint density at radius 3 is 2.83 bits per heavy atom. The monoisotopic (exact) mass is 258 g/mol. The number of aryl methyl sites for hydroxylation is 2. The van der Waals surface area contributed by atoms with Gasteiger partial charge in [-0.2, -0.15) is 0 Å². The van der Waals surface area contributed by atoms with E-state index in [2.05, 4.69) is 41.2 Å². The molecule has 92 valence electrons. The van der Waals surface area contributed by atoms with Gasteiger partial charge >= 0.3 is 0 Å². The Labute approximate surface area is 112 Å². The highest BCUT2D eigenvalue weighted by Crippen LogP contribution is 2.26. The summed E-state index contributed by atoms with van der Waals surface area (Å²) in [6.07, 6.45) is 3.98. The fraction of sp³-hybridized carbons (Fsp3) is 0.333. The number of nitrogens with zero attached hydrogens (tertiary/aromatic N) is 2. The van der Waals surface area contributed by atoms with Gasteiger partial charge in [0.1, 0.15) is 11.0 Å². The Balaban J connectivity index is 1.95. The number of hydrogen-bond acceptors (Lipinski definition) is 2. The van der Waals surface area contributed by atoms with Crippen molar-refractivity contribution in [3.8, 4) is 0 Å². The Kier molecular flexibility index (Phi) is 3.04. The fourth-order valence-electron chi connectivity index (χ4n) is 2.49. The highest BCUT2D eigenvalue weighted by Gasteiger charge is 2.18. The van der Waals surface area contributed by atoms with Crippen molar-refractivity contribution in [3.05, 3.63) is 57.6 Å². The van der Waals surface area contributed by atoms with E-state index in [1.807, 2.05) is 0 Å². The van der Waals surface area contributed by atoms with Crippen LogP contribution >= 0.6 is 11.6 Å². The Morgan fingerprint density at radius 1 is 1.17 bits per heavy atom. The first-order chi connectivity index (χ1) is 8.74. The van der Waals surface area contributed by atoms with Gasteiger partial charge in [-0.1, -0.05) is 35.9 Å². The maximum absolute atomic E-state index is 6.23. The summed E-state index contributed by atoms with van der Waals surface area (Å²) in [5.74, 6) is 0.843. The number of aromatic nitrogens is 2. The summed E-state index contributed by atoms with van der Waals surface area (Å²) >= 11 is 6.23. The molecule has 2 nitrogen and oxygen atoms in total. The van der Waals surface area contributed by atoms with E-state index in [4.69, 9.17) is 11.6 Å². The van der Waals surface area contributed by atoms with E-state index in [-0.39, 0.29) is 0 Å². The Hall–Kier alpha value is -1.41. The largest absolute Gasteiger partial charge is 0.237 e. The SMILES string of the molecule is Cc1ccccc1Cc1nc(Cl)c2c(n1)CCC2. The third-order valence-corrected chi connectivity index (χ3v) is 3.85. The van der Waals surface area contributed by atoms with Crippen LogP contribution in [0.25, 0.3) is 0 Å². The molecular weight excluding hydrogens is 244 g/mol. The number of halogens is 1. The van der Waals surface area contributed by atoms with Crippen LogP contribution in [0, 0.1) is 6.92 Å². The molecule has 1 aliphatic rings. The van der Waals surface area contributed by atoms with E-state index >= 15 is 0 Å². The van der Waals surface area contributed by atoms with Gasteiger partial charge in [0.25, 0.3) is 0 Å². The molecule has 0 fully saturated rings. The Bertz CT molecular complexity index is 593. The first-order valence-corrected chi connectivity index (χ1v) is 6.70. The first kappa shape index (κ1) is 11.7. The van der Waals surface area contributed by atoms with Gasteiger partial charge in [-0.25, -0.2) is 9.97 Å². The molecular formula is C15H15ClN2. The minimum absolute atomic E-state index is 0.654. The molecule has 0 unspecified atom stereocenters. The molecule has 3 heteroatoms. The molecule has 0 atom stereocenters. The third-order valence-electron chi connectivity index (χ3n) is 3.54. The van der Waals surface area contributed by atoms with E-state index < -0.39 is 0 Å². The number of benzene rings is 1. The van der Waals surface area contributed by atoms with Crippen LogP contribution < -0.4 is 0 Å². The second-order valence-electron chi connectivity index (χ2n) is 4.81. The van der Waals surface area contributed by atoms with Gasteiger partial charge in [0.2, 0.25) is 0 Å². The van der Waals surface area contributed by atoms with E-state index in [1.165, 1.54) is 11.1 Å². The molecule has 0 bridgehead atoms. The second-order valence-corrected chi connectivity index (χ2v) is 5.17. The van der Waals surface area contributed by atoms with Crippen LogP contribution in [0.3, 0.4) is 0 Å². The van der Waals surface area contributed by atoms with Crippen molar-refractivity contribution in [2.24, 2.45) is 0 Å². The standard InChI is InChI=1S/C15H15ClN2/c1-10-5-2-3-6-11(10)9-14-17-13-8-4-7-12(13)15(16)18-14/h2-3,5-6H,4,7-9H2,1H3. The molecule has 0 amide bonds. The quantitative estimate of drug-likeness (QED) is 0.771. The molecule has 3 rings (SSSR count). The zero-order valence-corrected chi connectivity index (χ0v) is 11.2. The van der Waals surface area contributed by atoms with Crippen molar-refractivity contribution in [1.29, 1.82) is 0 Å². The summed E-state index contributed by atoms with van der Waals surface area (Å²) in [7, 11) is 0. The molecule has 0 radical (unpaired) electrons. The number of rotatable bonds is 2. The lowest BCUT2D eigenvalue weighted by atomic mass is 10.1. The van der Waals surface area contributed by atoms with Crippen molar-refractivity contribution in [1.82, 2.24) is 9.97 Å². The Morgan fingerprint density at radius 2 is 2.00 bits per heavy atom. The van der Waals surface area contributed by atoms with Crippen LogP contribution in [0.5, 0.6) is 0 Å². The van der Waals surface area contributed by atoms with Gasteiger partial charge in [-0.15, -0.1) is 0 Å². The summed E-state index contributed by atoms with van der Waals surface area (Å²) in [4.78, 5) is 9.09. The summed E-state index contributed by atoms with van der Waals surface area (Å²) in [5, 5.41) is 0.654. The number of fused-ring (bicyclic) bond motifs is 1. The summed E-state index contributed by atoms with van der Waals surface area (Å²) in [6, 6.07) is 8.34. The van der Waals surface area contributed by atoms with Gasteiger partial charge < -0.3 is 0 Å². The summed E-state index contributed by atoms with van der Waals surface area (Å²) < 4.78 is 0. The van der Waals surface area contributed by atoms with Gasteiger partial charge in [-0.05, 0) is 37.3 Å². The normalized spacial score (nSPS) is 13.7.